The standard InChI is InChI=1S/C13H25NO3/c1-6-10(4)13(16)14-8-12(15)17-11(5)7-9(2)3/h9-11H,6-8H2,1-5H3,(H,14,16). The van der Waals surface area contributed by atoms with Crippen molar-refractivity contribution in [3.8, 4) is 0 Å². The lowest BCUT2D eigenvalue weighted by Crippen LogP contribution is -2.35. The zero-order valence-electron chi connectivity index (χ0n) is 11.6. The molecule has 4 heteroatoms. The highest BCUT2D eigenvalue weighted by atomic mass is 16.5. The monoisotopic (exact) mass is 243 g/mol. The van der Waals surface area contributed by atoms with E-state index in [9.17, 15) is 9.59 Å². The molecule has 100 valence electrons. The molecule has 0 heterocycles. The first-order valence-corrected chi connectivity index (χ1v) is 6.34. The first-order valence-electron chi connectivity index (χ1n) is 6.34. The van der Waals surface area contributed by atoms with Crippen LogP contribution in [0.3, 0.4) is 0 Å². The van der Waals surface area contributed by atoms with Crippen molar-refractivity contribution in [1.82, 2.24) is 5.32 Å². The van der Waals surface area contributed by atoms with Gasteiger partial charge in [0.2, 0.25) is 5.91 Å². The maximum atomic E-state index is 11.4. The summed E-state index contributed by atoms with van der Waals surface area (Å²) in [5.74, 6) is -0.0286. The molecular formula is C13H25NO3. The molecule has 2 atom stereocenters. The van der Waals surface area contributed by atoms with Gasteiger partial charge in [0.15, 0.2) is 0 Å². The number of hydrogen-bond acceptors (Lipinski definition) is 3. The molecule has 0 bridgehead atoms. The first-order chi connectivity index (χ1) is 7.86. The Bertz CT molecular complexity index is 251. The molecule has 1 amide bonds. The van der Waals surface area contributed by atoms with Gasteiger partial charge in [0.25, 0.3) is 0 Å². The highest BCUT2D eigenvalue weighted by Crippen LogP contribution is 2.07. The Hall–Kier alpha value is -1.06. The topological polar surface area (TPSA) is 55.4 Å². The molecule has 0 aliphatic heterocycles. The van der Waals surface area contributed by atoms with Crippen molar-refractivity contribution in [2.75, 3.05) is 6.54 Å². The third-order valence-electron chi connectivity index (χ3n) is 2.60. The van der Waals surface area contributed by atoms with E-state index >= 15 is 0 Å². The Morgan fingerprint density at radius 1 is 1.18 bits per heavy atom. The molecule has 4 nitrogen and oxygen atoms in total. The first kappa shape index (κ1) is 15.9. The van der Waals surface area contributed by atoms with E-state index in [1.807, 2.05) is 20.8 Å². The third kappa shape index (κ3) is 7.77. The highest BCUT2D eigenvalue weighted by Gasteiger charge is 2.14. The zero-order valence-corrected chi connectivity index (χ0v) is 11.6. The van der Waals surface area contributed by atoms with Crippen LogP contribution in [0.1, 0.15) is 47.5 Å². The van der Waals surface area contributed by atoms with E-state index < -0.39 is 0 Å². The molecule has 0 spiro atoms. The minimum absolute atomic E-state index is 0.0361. The van der Waals surface area contributed by atoms with Gasteiger partial charge in [-0.1, -0.05) is 27.7 Å². The van der Waals surface area contributed by atoms with Gasteiger partial charge in [-0.2, -0.15) is 0 Å². The zero-order chi connectivity index (χ0) is 13.4. The maximum Gasteiger partial charge on any atom is 0.325 e. The van der Waals surface area contributed by atoms with Crippen LogP contribution in [0.4, 0.5) is 0 Å². The van der Waals surface area contributed by atoms with Gasteiger partial charge in [-0.3, -0.25) is 9.59 Å². The normalized spacial score (nSPS) is 14.2. The van der Waals surface area contributed by atoms with Crippen LogP contribution >= 0.6 is 0 Å². The average molecular weight is 243 g/mol. The van der Waals surface area contributed by atoms with E-state index in [-0.39, 0.29) is 30.4 Å². The Morgan fingerprint density at radius 3 is 2.24 bits per heavy atom. The van der Waals surface area contributed by atoms with Crippen LogP contribution in [-0.2, 0) is 14.3 Å². The van der Waals surface area contributed by atoms with Crippen LogP contribution < -0.4 is 5.32 Å². The average Bonchev–Trinajstić information content (AvgIpc) is 2.23. The SMILES string of the molecule is CCC(C)C(=O)NCC(=O)OC(C)CC(C)C. The summed E-state index contributed by atoms with van der Waals surface area (Å²) in [6.07, 6.45) is 1.51. The second-order valence-electron chi connectivity index (χ2n) is 4.96. The summed E-state index contributed by atoms with van der Waals surface area (Å²) in [7, 11) is 0. The van der Waals surface area contributed by atoms with Crippen molar-refractivity contribution in [1.29, 1.82) is 0 Å². The summed E-state index contributed by atoms with van der Waals surface area (Å²) in [4.78, 5) is 22.8. The summed E-state index contributed by atoms with van der Waals surface area (Å²) in [6.45, 7) is 9.76. The lowest BCUT2D eigenvalue weighted by Gasteiger charge is -2.16. The Balaban J connectivity index is 3.83. The highest BCUT2D eigenvalue weighted by molar-refractivity contribution is 5.83. The van der Waals surface area contributed by atoms with Crippen LogP contribution in [0.15, 0.2) is 0 Å². The number of carbonyl (C=O) groups is 2. The Morgan fingerprint density at radius 2 is 1.76 bits per heavy atom. The number of carbonyl (C=O) groups excluding carboxylic acids is 2. The second-order valence-corrected chi connectivity index (χ2v) is 4.96. The number of amides is 1. The molecular weight excluding hydrogens is 218 g/mol. The van der Waals surface area contributed by atoms with E-state index in [1.165, 1.54) is 0 Å². The van der Waals surface area contributed by atoms with Crippen molar-refractivity contribution < 1.29 is 14.3 Å². The van der Waals surface area contributed by atoms with Gasteiger partial charge in [0, 0.05) is 5.92 Å². The van der Waals surface area contributed by atoms with Crippen molar-refractivity contribution in [2.45, 2.75) is 53.6 Å². The predicted octanol–water partition coefficient (Wildman–Crippen LogP) is 2.13. The summed E-state index contributed by atoms with van der Waals surface area (Å²) in [6, 6.07) is 0. The minimum Gasteiger partial charge on any atom is -0.461 e. The van der Waals surface area contributed by atoms with E-state index in [4.69, 9.17) is 4.74 Å². The Kier molecular flexibility index (Phi) is 7.59. The van der Waals surface area contributed by atoms with Gasteiger partial charge in [0.1, 0.15) is 6.54 Å². The van der Waals surface area contributed by atoms with E-state index in [1.54, 1.807) is 0 Å². The molecule has 0 radical (unpaired) electrons. The second kappa shape index (κ2) is 8.09. The molecule has 0 rings (SSSR count). The summed E-state index contributed by atoms with van der Waals surface area (Å²) < 4.78 is 5.17. The van der Waals surface area contributed by atoms with Gasteiger partial charge in [-0.15, -0.1) is 0 Å². The van der Waals surface area contributed by atoms with Crippen LogP contribution in [-0.4, -0.2) is 24.5 Å². The fourth-order valence-corrected chi connectivity index (χ4v) is 1.50. The minimum atomic E-state index is -0.366. The van der Waals surface area contributed by atoms with Crippen molar-refractivity contribution in [3.05, 3.63) is 0 Å². The van der Waals surface area contributed by atoms with Gasteiger partial charge < -0.3 is 10.1 Å². The van der Waals surface area contributed by atoms with Crippen LogP contribution in [0.5, 0.6) is 0 Å². The van der Waals surface area contributed by atoms with Crippen LogP contribution in [0, 0.1) is 11.8 Å². The fourth-order valence-electron chi connectivity index (χ4n) is 1.50. The van der Waals surface area contributed by atoms with Gasteiger partial charge in [-0.05, 0) is 25.7 Å². The van der Waals surface area contributed by atoms with Gasteiger partial charge in [-0.25, -0.2) is 0 Å². The summed E-state index contributed by atoms with van der Waals surface area (Å²) in [5.41, 5.74) is 0. The van der Waals surface area contributed by atoms with E-state index in [0.29, 0.717) is 5.92 Å². The van der Waals surface area contributed by atoms with Crippen molar-refractivity contribution >= 4 is 11.9 Å². The number of ether oxygens (including phenoxy) is 1. The van der Waals surface area contributed by atoms with Crippen LogP contribution in [0.25, 0.3) is 0 Å². The number of esters is 1. The molecule has 0 fully saturated rings. The lowest BCUT2D eigenvalue weighted by atomic mass is 10.1. The predicted molar refractivity (Wildman–Crippen MR) is 67.5 cm³/mol. The largest absolute Gasteiger partial charge is 0.461 e. The fraction of sp³-hybridized carbons (Fsp3) is 0.846. The molecule has 0 aliphatic rings. The van der Waals surface area contributed by atoms with Crippen molar-refractivity contribution in [2.24, 2.45) is 11.8 Å². The van der Waals surface area contributed by atoms with Crippen LogP contribution in [0.2, 0.25) is 0 Å². The molecule has 0 aliphatic carbocycles. The number of hydrogen-bond donors (Lipinski definition) is 1. The molecule has 2 unspecified atom stereocenters. The van der Waals surface area contributed by atoms with Gasteiger partial charge >= 0.3 is 5.97 Å². The number of nitrogens with one attached hydrogen (secondary N) is 1. The summed E-state index contributed by atoms with van der Waals surface area (Å²) >= 11 is 0. The van der Waals surface area contributed by atoms with E-state index in [2.05, 4.69) is 19.2 Å². The lowest BCUT2D eigenvalue weighted by molar-refractivity contribution is -0.149. The molecule has 17 heavy (non-hydrogen) atoms. The molecule has 0 aromatic rings. The Labute approximate surface area is 104 Å². The molecule has 0 saturated heterocycles. The quantitative estimate of drug-likeness (QED) is 0.697. The maximum absolute atomic E-state index is 11.4. The van der Waals surface area contributed by atoms with Crippen molar-refractivity contribution in [3.63, 3.8) is 0 Å². The molecule has 0 aromatic carbocycles. The third-order valence-corrected chi connectivity index (χ3v) is 2.60. The molecule has 0 saturated carbocycles. The smallest absolute Gasteiger partial charge is 0.325 e. The van der Waals surface area contributed by atoms with E-state index in [0.717, 1.165) is 12.8 Å². The molecule has 1 N–H and O–H groups in total. The number of rotatable bonds is 7. The summed E-state index contributed by atoms with van der Waals surface area (Å²) in [5, 5.41) is 2.58. The molecule has 0 aromatic heterocycles. The van der Waals surface area contributed by atoms with Gasteiger partial charge in [0.05, 0.1) is 6.10 Å².